The molecule has 1 aliphatic rings. The minimum Gasteiger partial charge on any atom is -0.224 e. The van der Waals surface area contributed by atoms with Crippen molar-refractivity contribution in [2.75, 3.05) is 0 Å². The standard InChI is InChI=1S/C11H14NO2/c1-9-7-8-11(14-12(9)13)10-5-3-2-4-6-10/h2-6,9,11H,7-8H2,1H3/q+1. The zero-order valence-electron chi connectivity index (χ0n) is 8.22. The van der Waals surface area contributed by atoms with Crippen LogP contribution in [0.25, 0.3) is 0 Å². The predicted octanol–water partition coefficient (Wildman–Crippen LogP) is 2.62. The van der Waals surface area contributed by atoms with E-state index in [1.165, 1.54) is 0 Å². The zero-order chi connectivity index (χ0) is 9.97. The second kappa shape index (κ2) is 3.78. The van der Waals surface area contributed by atoms with Gasteiger partial charge in [0.1, 0.15) is 0 Å². The second-order valence-electron chi connectivity index (χ2n) is 3.72. The maximum Gasteiger partial charge on any atom is 0.254 e. The van der Waals surface area contributed by atoms with Crippen molar-refractivity contribution in [3.05, 3.63) is 40.8 Å². The highest BCUT2D eigenvalue weighted by atomic mass is 16.8. The Morgan fingerprint density at radius 1 is 1.29 bits per heavy atom. The fraction of sp³-hybridized carbons (Fsp3) is 0.455. The molecule has 0 spiro atoms. The first-order valence-electron chi connectivity index (χ1n) is 4.95. The maximum atomic E-state index is 11.3. The van der Waals surface area contributed by atoms with Crippen LogP contribution >= 0.6 is 0 Å². The van der Waals surface area contributed by atoms with Crippen LogP contribution < -0.4 is 0 Å². The Bertz CT molecular complexity index is 323. The number of rotatable bonds is 1. The van der Waals surface area contributed by atoms with Crippen LogP contribution in [0.3, 0.4) is 0 Å². The van der Waals surface area contributed by atoms with Crippen molar-refractivity contribution in [1.29, 1.82) is 0 Å². The summed E-state index contributed by atoms with van der Waals surface area (Å²) in [6.45, 7) is 1.88. The molecular weight excluding hydrogens is 178 g/mol. The van der Waals surface area contributed by atoms with Crippen molar-refractivity contribution in [2.24, 2.45) is 0 Å². The molecule has 1 aromatic rings. The molecule has 0 saturated carbocycles. The molecule has 1 heterocycles. The summed E-state index contributed by atoms with van der Waals surface area (Å²) in [6, 6.07) is 9.86. The summed E-state index contributed by atoms with van der Waals surface area (Å²) < 4.78 is 0. The van der Waals surface area contributed by atoms with E-state index in [0.717, 1.165) is 23.3 Å². The van der Waals surface area contributed by atoms with E-state index in [4.69, 9.17) is 4.84 Å². The van der Waals surface area contributed by atoms with Gasteiger partial charge in [0.25, 0.3) is 6.04 Å². The van der Waals surface area contributed by atoms with Crippen molar-refractivity contribution in [3.63, 3.8) is 0 Å². The smallest absolute Gasteiger partial charge is 0.224 e. The third-order valence-electron chi connectivity index (χ3n) is 2.61. The molecule has 3 nitrogen and oxygen atoms in total. The summed E-state index contributed by atoms with van der Waals surface area (Å²) in [5.41, 5.74) is 1.08. The minimum atomic E-state index is -0.0649. The Balaban J connectivity index is 2.11. The van der Waals surface area contributed by atoms with Crippen LogP contribution in [0.5, 0.6) is 0 Å². The summed E-state index contributed by atoms with van der Waals surface area (Å²) >= 11 is 0. The Morgan fingerprint density at radius 2 is 2.00 bits per heavy atom. The van der Waals surface area contributed by atoms with E-state index in [0.29, 0.717) is 0 Å². The zero-order valence-corrected chi connectivity index (χ0v) is 8.22. The molecule has 2 atom stereocenters. The average Bonchev–Trinajstić information content (AvgIpc) is 2.23. The molecule has 1 fully saturated rings. The lowest BCUT2D eigenvalue weighted by molar-refractivity contribution is -0.845. The summed E-state index contributed by atoms with van der Waals surface area (Å²) in [7, 11) is 0. The Labute approximate surface area is 83.2 Å². The van der Waals surface area contributed by atoms with Crippen molar-refractivity contribution < 1.29 is 9.76 Å². The molecule has 2 unspecified atom stereocenters. The van der Waals surface area contributed by atoms with Gasteiger partial charge in [-0.15, -0.1) is 0 Å². The fourth-order valence-corrected chi connectivity index (χ4v) is 1.68. The van der Waals surface area contributed by atoms with E-state index in [2.05, 4.69) is 0 Å². The third kappa shape index (κ3) is 1.76. The Kier molecular flexibility index (Phi) is 2.48. The van der Waals surface area contributed by atoms with Crippen molar-refractivity contribution in [2.45, 2.75) is 31.9 Å². The van der Waals surface area contributed by atoms with Gasteiger partial charge in [0.15, 0.2) is 6.10 Å². The lowest BCUT2D eigenvalue weighted by Crippen LogP contribution is -2.29. The molecule has 0 aromatic heterocycles. The van der Waals surface area contributed by atoms with Gasteiger partial charge in [0, 0.05) is 19.8 Å². The van der Waals surface area contributed by atoms with Crippen molar-refractivity contribution >= 4 is 0 Å². The van der Waals surface area contributed by atoms with Crippen LogP contribution in [0.1, 0.15) is 31.4 Å². The van der Waals surface area contributed by atoms with Gasteiger partial charge < -0.3 is 0 Å². The van der Waals surface area contributed by atoms with Crippen LogP contribution in [0.2, 0.25) is 0 Å². The van der Waals surface area contributed by atoms with Crippen molar-refractivity contribution in [1.82, 2.24) is 0 Å². The maximum absolute atomic E-state index is 11.3. The molecule has 0 N–H and O–H groups in total. The molecule has 2 rings (SSSR count). The highest BCUT2D eigenvalue weighted by Gasteiger charge is 2.34. The van der Waals surface area contributed by atoms with Gasteiger partial charge in [-0.25, -0.2) is 4.84 Å². The summed E-state index contributed by atoms with van der Waals surface area (Å²) in [4.78, 5) is 17.3. The largest absolute Gasteiger partial charge is 0.254 e. The molecule has 1 saturated heterocycles. The first-order valence-corrected chi connectivity index (χ1v) is 4.95. The van der Waals surface area contributed by atoms with Gasteiger partial charge in [-0.05, 0) is 5.56 Å². The normalized spacial score (nSPS) is 27.1. The van der Waals surface area contributed by atoms with E-state index in [1.54, 1.807) is 0 Å². The minimum absolute atomic E-state index is 0.0186. The van der Waals surface area contributed by atoms with Gasteiger partial charge in [0.05, 0.1) is 4.91 Å². The highest BCUT2D eigenvalue weighted by molar-refractivity contribution is 5.17. The monoisotopic (exact) mass is 192 g/mol. The lowest BCUT2D eigenvalue weighted by atomic mass is 10.0. The van der Waals surface area contributed by atoms with E-state index in [9.17, 15) is 4.91 Å². The number of nitrogens with zero attached hydrogens (tertiary/aromatic N) is 1. The molecule has 14 heavy (non-hydrogen) atoms. The Hall–Kier alpha value is -1.38. The molecule has 1 aromatic carbocycles. The molecule has 0 aliphatic carbocycles. The second-order valence-corrected chi connectivity index (χ2v) is 3.72. The van der Waals surface area contributed by atoms with Crippen LogP contribution in [0.4, 0.5) is 0 Å². The Morgan fingerprint density at radius 3 is 2.64 bits per heavy atom. The van der Waals surface area contributed by atoms with Gasteiger partial charge in [-0.2, -0.15) is 0 Å². The van der Waals surface area contributed by atoms with Crippen LogP contribution in [-0.4, -0.2) is 11.0 Å². The molecular formula is C11H14NO2+. The number of hydrogen-bond acceptors (Lipinski definition) is 2. The van der Waals surface area contributed by atoms with Crippen LogP contribution in [-0.2, 0) is 4.84 Å². The molecule has 74 valence electrons. The van der Waals surface area contributed by atoms with Crippen molar-refractivity contribution in [3.8, 4) is 0 Å². The third-order valence-corrected chi connectivity index (χ3v) is 2.61. The molecule has 0 amide bonds. The van der Waals surface area contributed by atoms with E-state index in [-0.39, 0.29) is 12.1 Å². The summed E-state index contributed by atoms with van der Waals surface area (Å²) in [5.74, 6) is 0. The predicted molar refractivity (Wildman–Crippen MR) is 52.6 cm³/mol. The highest BCUT2D eigenvalue weighted by Crippen LogP contribution is 2.28. The van der Waals surface area contributed by atoms with Crippen LogP contribution in [0, 0.1) is 4.91 Å². The van der Waals surface area contributed by atoms with Crippen LogP contribution in [0.15, 0.2) is 30.3 Å². The molecule has 0 bridgehead atoms. The number of benzene rings is 1. The first-order chi connectivity index (χ1) is 6.77. The lowest BCUT2D eigenvalue weighted by Gasteiger charge is -2.18. The molecule has 1 aliphatic heterocycles. The molecule has 3 heteroatoms. The quantitative estimate of drug-likeness (QED) is 0.684. The average molecular weight is 192 g/mol. The van der Waals surface area contributed by atoms with E-state index >= 15 is 0 Å². The van der Waals surface area contributed by atoms with E-state index in [1.807, 2.05) is 37.3 Å². The van der Waals surface area contributed by atoms with Gasteiger partial charge >= 0.3 is 0 Å². The topological polar surface area (TPSA) is 29.3 Å². The van der Waals surface area contributed by atoms with Gasteiger partial charge in [-0.1, -0.05) is 30.3 Å². The number of hydrogen-bond donors (Lipinski definition) is 0. The fourth-order valence-electron chi connectivity index (χ4n) is 1.68. The molecule has 0 radical (unpaired) electrons. The van der Waals surface area contributed by atoms with Gasteiger partial charge in [-0.3, -0.25) is 0 Å². The van der Waals surface area contributed by atoms with E-state index < -0.39 is 0 Å². The summed E-state index contributed by atoms with van der Waals surface area (Å²) in [6.07, 6.45) is 1.75. The first kappa shape index (κ1) is 9.19. The summed E-state index contributed by atoms with van der Waals surface area (Å²) in [5, 5.41) is 0. The van der Waals surface area contributed by atoms with Gasteiger partial charge in [0.2, 0.25) is 4.92 Å². The SMILES string of the molecule is CC1CCC(c2ccccc2)O[N+]1=O.